The lowest BCUT2D eigenvalue weighted by Gasteiger charge is -2.38. The van der Waals surface area contributed by atoms with Gasteiger partial charge in [0.25, 0.3) is 5.91 Å². The van der Waals surface area contributed by atoms with Crippen LogP contribution in [0.4, 0.5) is 0 Å². The van der Waals surface area contributed by atoms with Gasteiger partial charge >= 0.3 is 0 Å². The van der Waals surface area contributed by atoms with Gasteiger partial charge in [-0.3, -0.25) is 4.79 Å². The van der Waals surface area contributed by atoms with Crippen molar-refractivity contribution in [3.8, 4) is 0 Å². The first kappa shape index (κ1) is 13.6. The number of ether oxygens (including phenoxy) is 1. The fourth-order valence-corrected chi connectivity index (χ4v) is 2.40. The fraction of sp³-hybridized carbons (Fsp3) is 0.500. The smallest absolute Gasteiger partial charge is 0.254 e. The monoisotopic (exact) mass is 311 g/mol. The maximum Gasteiger partial charge on any atom is 0.254 e. The van der Waals surface area contributed by atoms with Crippen molar-refractivity contribution in [1.82, 2.24) is 4.90 Å². The average molecular weight is 312 g/mol. The number of nitrogens with zero attached hydrogens (tertiary/aromatic N) is 1. The van der Waals surface area contributed by atoms with E-state index in [0.717, 1.165) is 15.6 Å². The van der Waals surface area contributed by atoms with E-state index >= 15 is 0 Å². The van der Waals surface area contributed by atoms with Gasteiger partial charge in [-0.2, -0.15) is 0 Å². The van der Waals surface area contributed by atoms with Gasteiger partial charge in [-0.15, -0.1) is 0 Å². The topological polar surface area (TPSA) is 29.5 Å². The summed E-state index contributed by atoms with van der Waals surface area (Å²) in [4.78, 5) is 14.3. The SMILES string of the molecule is Cc1cc(C(=O)N2CCOC(C)(C)C2)ccc1Br. The molecule has 2 rings (SSSR count). The third kappa shape index (κ3) is 2.93. The highest BCUT2D eigenvalue weighted by Crippen LogP contribution is 2.21. The Bertz CT molecular complexity index is 471. The van der Waals surface area contributed by atoms with Gasteiger partial charge in [0.05, 0.1) is 12.2 Å². The van der Waals surface area contributed by atoms with E-state index in [1.165, 1.54) is 0 Å². The van der Waals surface area contributed by atoms with Gasteiger partial charge in [-0.1, -0.05) is 15.9 Å². The number of benzene rings is 1. The Morgan fingerprint density at radius 3 is 2.78 bits per heavy atom. The van der Waals surface area contributed by atoms with Crippen molar-refractivity contribution in [2.75, 3.05) is 19.7 Å². The highest BCUT2D eigenvalue weighted by molar-refractivity contribution is 9.10. The van der Waals surface area contributed by atoms with Crippen LogP contribution in [0.5, 0.6) is 0 Å². The molecule has 0 aliphatic carbocycles. The van der Waals surface area contributed by atoms with Crippen LogP contribution in [-0.4, -0.2) is 36.1 Å². The van der Waals surface area contributed by atoms with E-state index in [9.17, 15) is 4.79 Å². The third-order valence-electron chi connectivity index (χ3n) is 3.12. The molecule has 0 bridgehead atoms. The number of hydrogen-bond acceptors (Lipinski definition) is 2. The van der Waals surface area contributed by atoms with Gasteiger partial charge < -0.3 is 9.64 Å². The summed E-state index contributed by atoms with van der Waals surface area (Å²) in [6, 6.07) is 5.71. The zero-order chi connectivity index (χ0) is 13.3. The third-order valence-corrected chi connectivity index (χ3v) is 4.01. The molecule has 1 aliphatic heterocycles. The molecule has 3 nitrogen and oxygen atoms in total. The molecule has 4 heteroatoms. The molecule has 0 spiro atoms. The van der Waals surface area contributed by atoms with E-state index in [1.807, 2.05) is 43.9 Å². The molecule has 0 N–H and O–H groups in total. The molecule has 0 atom stereocenters. The maximum atomic E-state index is 12.4. The quantitative estimate of drug-likeness (QED) is 0.798. The van der Waals surface area contributed by atoms with Gasteiger partial charge in [-0.25, -0.2) is 0 Å². The number of aryl methyl sites for hydroxylation is 1. The minimum atomic E-state index is -0.252. The Balaban J connectivity index is 2.18. The van der Waals surface area contributed by atoms with Crippen LogP contribution in [0.1, 0.15) is 29.8 Å². The van der Waals surface area contributed by atoms with E-state index in [0.29, 0.717) is 19.7 Å². The summed E-state index contributed by atoms with van der Waals surface area (Å²) in [6.07, 6.45) is 0. The first-order chi connectivity index (χ1) is 8.39. The summed E-state index contributed by atoms with van der Waals surface area (Å²) in [5.41, 5.74) is 1.57. The largest absolute Gasteiger partial charge is 0.372 e. The molecular formula is C14H18BrNO2. The Labute approximate surface area is 116 Å². The molecule has 1 aromatic rings. The summed E-state index contributed by atoms with van der Waals surface area (Å²) >= 11 is 3.45. The Morgan fingerprint density at radius 2 is 2.17 bits per heavy atom. The highest BCUT2D eigenvalue weighted by atomic mass is 79.9. The lowest BCUT2D eigenvalue weighted by molar-refractivity contribution is -0.0764. The maximum absolute atomic E-state index is 12.4. The molecule has 1 fully saturated rings. The molecule has 1 amide bonds. The second-order valence-electron chi connectivity index (χ2n) is 5.30. The number of carbonyl (C=O) groups excluding carboxylic acids is 1. The van der Waals surface area contributed by atoms with Crippen molar-refractivity contribution >= 4 is 21.8 Å². The normalized spacial score (nSPS) is 18.8. The van der Waals surface area contributed by atoms with Gasteiger partial charge in [0.1, 0.15) is 0 Å². The van der Waals surface area contributed by atoms with Crippen LogP contribution in [0.15, 0.2) is 22.7 Å². The number of hydrogen-bond donors (Lipinski definition) is 0. The molecule has 1 aromatic carbocycles. The van der Waals surface area contributed by atoms with Crippen LogP contribution >= 0.6 is 15.9 Å². The van der Waals surface area contributed by atoms with E-state index in [-0.39, 0.29) is 11.5 Å². The highest BCUT2D eigenvalue weighted by Gasteiger charge is 2.30. The minimum absolute atomic E-state index is 0.0852. The molecule has 0 aromatic heterocycles. The number of carbonyl (C=O) groups is 1. The number of morpholine rings is 1. The number of rotatable bonds is 1. The Hall–Kier alpha value is -0.870. The van der Waals surface area contributed by atoms with Crippen molar-refractivity contribution in [1.29, 1.82) is 0 Å². The van der Waals surface area contributed by atoms with Gasteiger partial charge in [0.15, 0.2) is 0 Å². The van der Waals surface area contributed by atoms with Crippen molar-refractivity contribution in [3.63, 3.8) is 0 Å². The molecule has 1 heterocycles. The Morgan fingerprint density at radius 1 is 1.44 bits per heavy atom. The zero-order valence-electron chi connectivity index (χ0n) is 11.0. The van der Waals surface area contributed by atoms with E-state index in [1.54, 1.807) is 0 Å². The van der Waals surface area contributed by atoms with Gasteiger partial charge in [0, 0.05) is 23.1 Å². The van der Waals surface area contributed by atoms with Crippen molar-refractivity contribution < 1.29 is 9.53 Å². The molecule has 98 valence electrons. The fourth-order valence-electron chi connectivity index (χ4n) is 2.15. The number of halogens is 1. The van der Waals surface area contributed by atoms with Crippen LogP contribution in [0.25, 0.3) is 0 Å². The lowest BCUT2D eigenvalue weighted by Crippen LogP contribution is -2.50. The average Bonchev–Trinajstić information content (AvgIpc) is 2.30. The molecule has 1 aliphatic rings. The summed E-state index contributed by atoms with van der Waals surface area (Å²) in [5, 5.41) is 0. The van der Waals surface area contributed by atoms with Crippen molar-refractivity contribution in [2.45, 2.75) is 26.4 Å². The van der Waals surface area contributed by atoms with Crippen molar-refractivity contribution in [2.24, 2.45) is 0 Å². The lowest BCUT2D eigenvalue weighted by atomic mass is 10.1. The predicted octanol–water partition coefficient (Wildman–Crippen LogP) is 3.01. The van der Waals surface area contributed by atoms with Gasteiger partial charge in [-0.05, 0) is 44.5 Å². The molecule has 1 saturated heterocycles. The predicted molar refractivity (Wildman–Crippen MR) is 74.8 cm³/mol. The summed E-state index contributed by atoms with van der Waals surface area (Å²) in [5.74, 6) is 0.0852. The van der Waals surface area contributed by atoms with Crippen LogP contribution in [0.3, 0.4) is 0 Å². The minimum Gasteiger partial charge on any atom is -0.372 e. The molecule has 0 radical (unpaired) electrons. The second kappa shape index (κ2) is 5.02. The van der Waals surface area contributed by atoms with Crippen LogP contribution < -0.4 is 0 Å². The Kier molecular flexibility index (Phi) is 3.78. The van der Waals surface area contributed by atoms with Crippen LogP contribution in [0, 0.1) is 6.92 Å². The summed E-state index contributed by atoms with van der Waals surface area (Å²) in [6.45, 7) is 7.93. The van der Waals surface area contributed by atoms with Crippen molar-refractivity contribution in [3.05, 3.63) is 33.8 Å². The molecule has 0 unspecified atom stereocenters. The number of amides is 1. The van der Waals surface area contributed by atoms with E-state index in [2.05, 4.69) is 15.9 Å². The van der Waals surface area contributed by atoms with Crippen LogP contribution in [-0.2, 0) is 4.74 Å². The van der Waals surface area contributed by atoms with Crippen LogP contribution in [0.2, 0.25) is 0 Å². The summed E-state index contributed by atoms with van der Waals surface area (Å²) in [7, 11) is 0. The molecule has 18 heavy (non-hydrogen) atoms. The zero-order valence-corrected chi connectivity index (χ0v) is 12.6. The second-order valence-corrected chi connectivity index (χ2v) is 6.15. The molecular weight excluding hydrogens is 294 g/mol. The molecule has 0 saturated carbocycles. The first-order valence-electron chi connectivity index (χ1n) is 6.08. The van der Waals surface area contributed by atoms with E-state index in [4.69, 9.17) is 4.74 Å². The first-order valence-corrected chi connectivity index (χ1v) is 6.88. The van der Waals surface area contributed by atoms with E-state index < -0.39 is 0 Å². The summed E-state index contributed by atoms with van der Waals surface area (Å²) < 4.78 is 6.65. The standard InChI is InChI=1S/C14H18BrNO2/c1-10-8-11(4-5-12(10)15)13(17)16-6-7-18-14(2,3)9-16/h4-5,8H,6-7,9H2,1-3H3. The van der Waals surface area contributed by atoms with Gasteiger partial charge in [0.2, 0.25) is 0 Å².